The van der Waals surface area contributed by atoms with Crippen molar-refractivity contribution in [3.63, 3.8) is 0 Å². The largest absolute Gasteiger partial charge is 0.493 e. The van der Waals surface area contributed by atoms with E-state index < -0.39 is 0 Å². The molecule has 118 valence electrons. The molecule has 0 unspecified atom stereocenters. The minimum absolute atomic E-state index is 0.330. The highest BCUT2D eigenvalue weighted by molar-refractivity contribution is 9.09. The van der Waals surface area contributed by atoms with Gasteiger partial charge in [-0.05, 0) is 42.9 Å². The van der Waals surface area contributed by atoms with Crippen LogP contribution in [-0.2, 0) is 0 Å². The Morgan fingerprint density at radius 2 is 1.81 bits per heavy atom. The Morgan fingerprint density at radius 3 is 2.38 bits per heavy atom. The van der Waals surface area contributed by atoms with Crippen LogP contribution in [0.4, 0.5) is 0 Å². The fraction of sp³-hybridized carbons (Fsp3) is 0.684. The number of aryl methyl sites for hydroxylation is 1. The monoisotopic (exact) mass is 352 g/mol. The fourth-order valence-electron chi connectivity index (χ4n) is 3.16. The zero-order valence-corrected chi connectivity index (χ0v) is 15.3. The summed E-state index contributed by atoms with van der Waals surface area (Å²) in [6.45, 7) is 7.47. The second-order valence-electron chi connectivity index (χ2n) is 7.02. The van der Waals surface area contributed by atoms with E-state index in [2.05, 4.69) is 54.9 Å². The third-order valence-corrected chi connectivity index (χ3v) is 6.05. The third-order valence-electron chi connectivity index (χ3n) is 4.86. The van der Waals surface area contributed by atoms with Gasteiger partial charge in [-0.3, -0.25) is 0 Å². The first-order chi connectivity index (χ1) is 10.1. The molecule has 1 aromatic carbocycles. The molecule has 1 aliphatic rings. The molecule has 0 N–H and O–H groups in total. The van der Waals surface area contributed by atoms with Crippen molar-refractivity contribution in [2.75, 3.05) is 11.9 Å². The van der Waals surface area contributed by atoms with Crippen LogP contribution in [0.2, 0.25) is 0 Å². The van der Waals surface area contributed by atoms with Crippen LogP contribution in [0.5, 0.6) is 5.75 Å². The van der Waals surface area contributed by atoms with E-state index in [9.17, 15) is 0 Å². The number of alkyl halides is 1. The highest BCUT2D eigenvalue weighted by Gasteiger charge is 2.31. The Balaban J connectivity index is 2.08. The molecule has 1 nitrogen and oxygen atoms in total. The molecule has 0 aliphatic heterocycles. The lowest BCUT2D eigenvalue weighted by molar-refractivity contribution is 0.148. The summed E-state index contributed by atoms with van der Waals surface area (Å²) in [7, 11) is 0. The zero-order chi connectivity index (χ0) is 15.3. The maximum atomic E-state index is 6.29. The van der Waals surface area contributed by atoms with Crippen LogP contribution in [0.1, 0.15) is 69.4 Å². The van der Waals surface area contributed by atoms with Gasteiger partial charge in [0, 0.05) is 10.7 Å². The van der Waals surface area contributed by atoms with Gasteiger partial charge in [-0.2, -0.15) is 0 Å². The topological polar surface area (TPSA) is 9.23 Å². The first-order valence-electron chi connectivity index (χ1n) is 8.36. The number of rotatable bonds is 5. The summed E-state index contributed by atoms with van der Waals surface area (Å²) in [6.07, 6.45) is 8.05. The second-order valence-corrected chi connectivity index (χ2v) is 7.58. The molecule has 0 heterocycles. The maximum absolute atomic E-state index is 6.29. The molecule has 2 heteroatoms. The summed E-state index contributed by atoms with van der Waals surface area (Å²) in [5.74, 6) is 1.63. The Morgan fingerprint density at radius 1 is 1.14 bits per heavy atom. The highest BCUT2D eigenvalue weighted by Crippen LogP contribution is 2.37. The number of halogens is 1. The van der Waals surface area contributed by atoms with Crippen molar-refractivity contribution < 1.29 is 4.74 Å². The number of ether oxygens (including phenoxy) is 1. The van der Waals surface area contributed by atoms with Crippen LogP contribution < -0.4 is 4.74 Å². The van der Waals surface area contributed by atoms with E-state index in [-0.39, 0.29) is 0 Å². The number of benzene rings is 1. The first-order valence-corrected chi connectivity index (χ1v) is 9.48. The molecule has 0 aromatic heterocycles. The second kappa shape index (κ2) is 7.67. The van der Waals surface area contributed by atoms with E-state index in [4.69, 9.17) is 4.74 Å². The Bertz CT molecular complexity index is 445. The van der Waals surface area contributed by atoms with Gasteiger partial charge in [0.2, 0.25) is 0 Å². The summed E-state index contributed by atoms with van der Waals surface area (Å²) < 4.78 is 6.29. The molecule has 1 saturated carbocycles. The van der Waals surface area contributed by atoms with Crippen molar-refractivity contribution in [1.82, 2.24) is 0 Å². The van der Waals surface area contributed by atoms with E-state index in [0.29, 0.717) is 11.3 Å². The summed E-state index contributed by atoms with van der Waals surface area (Å²) in [5.41, 5.74) is 2.94. The summed E-state index contributed by atoms with van der Waals surface area (Å²) in [6, 6.07) is 6.65. The first kappa shape index (κ1) is 16.9. The molecule has 0 saturated heterocycles. The Hall–Kier alpha value is -0.500. The summed E-state index contributed by atoms with van der Waals surface area (Å²) in [5, 5.41) is 1.06. The lowest BCUT2D eigenvalue weighted by Gasteiger charge is -2.31. The van der Waals surface area contributed by atoms with E-state index in [1.165, 1.54) is 49.7 Å². The molecule has 0 spiro atoms. The van der Waals surface area contributed by atoms with Gasteiger partial charge in [0.1, 0.15) is 5.75 Å². The summed E-state index contributed by atoms with van der Waals surface area (Å²) in [4.78, 5) is 0. The molecule has 1 aliphatic carbocycles. The molecule has 0 radical (unpaired) electrons. The normalized spacial score (nSPS) is 18.5. The quantitative estimate of drug-likeness (QED) is 0.450. The average Bonchev–Trinajstić information content (AvgIpc) is 2.72. The standard InChI is InChI=1S/C19H29BrO/c1-15(2)17-9-8-16(3)18(12-17)21-14-19(13-20)10-6-4-5-7-11-19/h8-9,12,15H,4-7,10-11,13-14H2,1-3H3. The molecule has 0 bridgehead atoms. The third kappa shape index (κ3) is 4.48. The van der Waals surface area contributed by atoms with E-state index >= 15 is 0 Å². The van der Waals surface area contributed by atoms with Crippen LogP contribution >= 0.6 is 15.9 Å². The van der Waals surface area contributed by atoms with Crippen molar-refractivity contribution >= 4 is 15.9 Å². The molecule has 1 fully saturated rings. The van der Waals surface area contributed by atoms with E-state index in [1.54, 1.807) is 0 Å². The molecule has 1 aromatic rings. The predicted octanol–water partition coefficient (Wildman–Crippen LogP) is 6.23. The molecular weight excluding hydrogens is 324 g/mol. The molecule has 21 heavy (non-hydrogen) atoms. The van der Waals surface area contributed by atoms with Gasteiger partial charge in [-0.15, -0.1) is 0 Å². The van der Waals surface area contributed by atoms with Gasteiger partial charge in [-0.25, -0.2) is 0 Å². The van der Waals surface area contributed by atoms with Crippen LogP contribution in [0, 0.1) is 12.3 Å². The fourth-order valence-corrected chi connectivity index (χ4v) is 3.88. The molecule has 2 rings (SSSR count). The number of hydrogen-bond acceptors (Lipinski definition) is 1. The highest BCUT2D eigenvalue weighted by atomic mass is 79.9. The van der Waals surface area contributed by atoms with Crippen molar-refractivity contribution in [2.24, 2.45) is 5.41 Å². The van der Waals surface area contributed by atoms with Gasteiger partial charge < -0.3 is 4.74 Å². The van der Waals surface area contributed by atoms with Gasteiger partial charge >= 0.3 is 0 Å². The SMILES string of the molecule is Cc1ccc(C(C)C)cc1OCC1(CBr)CCCCCC1. The predicted molar refractivity (Wildman–Crippen MR) is 94.7 cm³/mol. The number of hydrogen-bond donors (Lipinski definition) is 0. The van der Waals surface area contributed by atoms with Crippen LogP contribution in [0.3, 0.4) is 0 Å². The van der Waals surface area contributed by atoms with Crippen molar-refractivity contribution in [2.45, 2.75) is 65.2 Å². The minimum Gasteiger partial charge on any atom is -0.493 e. The zero-order valence-electron chi connectivity index (χ0n) is 13.8. The van der Waals surface area contributed by atoms with Crippen LogP contribution in [0.25, 0.3) is 0 Å². The van der Waals surface area contributed by atoms with Gasteiger partial charge in [0.15, 0.2) is 0 Å². The molecule has 0 atom stereocenters. The van der Waals surface area contributed by atoms with E-state index in [1.807, 2.05) is 0 Å². The Kier molecular flexibility index (Phi) is 6.16. The Labute approximate surface area is 138 Å². The minimum atomic E-state index is 0.330. The molecular formula is C19H29BrO. The van der Waals surface area contributed by atoms with Gasteiger partial charge in [-0.1, -0.05) is 67.6 Å². The lowest BCUT2D eigenvalue weighted by Crippen LogP contribution is -2.30. The smallest absolute Gasteiger partial charge is 0.122 e. The van der Waals surface area contributed by atoms with Crippen LogP contribution in [-0.4, -0.2) is 11.9 Å². The van der Waals surface area contributed by atoms with Crippen molar-refractivity contribution in [3.8, 4) is 5.75 Å². The summed E-state index contributed by atoms with van der Waals surface area (Å²) >= 11 is 3.75. The molecule has 0 amide bonds. The van der Waals surface area contributed by atoms with Crippen molar-refractivity contribution in [3.05, 3.63) is 29.3 Å². The lowest BCUT2D eigenvalue weighted by atomic mass is 9.83. The van der Waals surface area contributed by atoms with E-state index in [0.717, 1.165) is 17.7 Å². The van der Waals surface area contributed by atoms with Gasteiger partial charge in [0.25, 0.3) is 0 Å². The van der Waals surface area contributed by atoms with Crippen LogP contribution in [0.15, 0.2) is 18.2 Å². The van der Waals surface area contributed by atoms with Gasteiger partial charge in [0.05, 0.1) is 6.61 Å². The average molecular weight is 353 g/mol. The van der Waals surface area contributed by atoms with Crippen molar-refractivity contribution in [1.29, 1.82) is 0 Å². The maximum Gasteiger partial charge on any atom is 0.122 e.